The molecule has 96 valence electrons. The Morgan fingerprint density at radius 2 is 1.84 bits per heavy atom. The fourth-order valence-corrected chi connectivity index (χ4v) is 2.15. The van der Waals surface area contributed by atoms with Gasteiger partial charge in [-0.05, 0) is 37.5 Å². The van der Waals surface area contributed by atoms with Gasteiger partial charge < -0.3 is 4.74 Å². The van der Waals surface area contributed by atoms with Gasteiger partial charge in [0.05, 0.1) is 0 Å². The van der Waals surface area contributed by atoms with E-state index < -0.39 is 0 Å². The Balaban J connectivity index is 1.74. The first-order valence-corrected chi connectivity index (χ1v) is 6.64. The zero-order valence-corrected chi connectivity index (χ0v) is 10.7. The molecule has 19 heavy (non-hydrogen) atoms. The average Bonchev–Trinajstić information content (AvgIpc) is 2.50. The normalized spacial score (nSPS) is 14.8. The molecule has 3 rings (SSSR count). The van der Waals surface area contributed by atoms with Crippen molar-refractivity contribution in [2.45, 2.75) is 19.3 Å². The zero-order valence-electron chi connectivity index (χ0n) is 10.7. The molecule has 0 spiro atoms. The topological polar surface area (TPSA) is 34.5 Å². The van der Waals surface area contributed by atoms with Crippen LogP contribution in [0.5, 0.6) is 11.6 Å². The van der Waals surface area contributed by atoms with Gasteiger partial charge in [-0.25, -0.2) is 4.98 Å². The summed E-state index contributed by atoms with van der Waals surface area (Å²) in [4.78, 5) is 8.90. The number of ether oxygens (including phenoxy) is 1. The van der Waals surface area contributed by atoms with Crippen molar-refractivity contribution in [3.8, 4) is 11.6 Å². The maximum absolute atomic E-state index is 5.67. The Hall–Kier alpha value is -2.16. The molecular formula is C16H16N2O. The molecule has 0 saturated carbocycles. The third kappa shape index (κ3) is 2.99. The zero-order chi connectivity index (χ0) is 12.9. The van der Waals surface area contributed by atoms with E-state index in [-0.39, 0.29) is 0 Å². The number of para-hydroxylation sites is 1. The van der Waals surface area contributed by atoms with Crippen LogP contribution in [0.15, 0.2) is 53.7 Å². The molecule has 0 saturated heterocycles. The molecule has 1 aliphatic rings. The van der Waals surface area contributed by atoms with Crippen molar-refractivity contribution in [1.82, 2.24) is 4.98 Å². The van der Waals surface area contributed by atoms with Gasteiger partial charge in [-0.2, -0.15) is 0 Å². The predicted molar refractivity (Wildman–Crippen MR) is 76.0 cm³/mol. The highest BCUT2D eigenvalue weighted by Crippen LogP contribution is 2.20. The van der Waals surface area contributed by atoms with Crippen molar-refractivity contribution in [2.24, 2.45) is 4.99 Å². The number of rotatable bonds is 3. The van der Waals surface area contributed by atoms with Crippen molar-refractivity contribution in [1.29, 1.82) is 0 Å². The van der Waals surface area contributed by atoms with Crippen molar-refractivity contribution in [3.05, 3.63) is 54.2 Å². The van der Waals surface area contributed by atoms with Crippen molar-refractivity contribution in [3.63, 3.8) is 0 Å². The molecule has 1 aromatic carbocycles. The summed E-state index contributed by atoms with van der Waals surface area (Å²) >= 11 is 0. The maximum Gasteiger partial charge on any atom is 0.219 e. The van der Waals surface area contributed by atoms with Crippen LogP contribution in [0.3, 0.4) is 0 Å². The summed E-state index contributed by atoms with van der Waals surface area (Å²) in [6.07, 6.45) is 5.33. The van der Waals surface area contributed by atoms with Gasteiger partial charge in [-0.3, -0.25) is 4.99 Å². The average molecular weight is 252 g/mol. The third-order valence-corrected chi connectivity index (χ3v) is 3.16. The lowest BCUT2D eigenvalue weighted by Gasteiger charge is -2.12. The summed E-state index contributed by atoms with van der Waals surface area (Å²) < 4.78 is 5.67. The Bertz CT molecular complexity index is 561. The number of benzene rings is 1. The minimum absolute atomic E-state index is 0.617. The van der Waals surface area contributed by atoms with E-state index in [1.54, 1.807) is 0 Å². The van der Waals surface area contributed by atoms with Crippen LogP contribution in [0.25, 0.3) is 0 Å². The number of nitrogens with zero attached hydrogens (tertiary/aromatic N) is 2. The largest absolute Gasteiger partial charge is 0.439 e. The molecule has 0 bridgehead atoms. The van der Waals surface area contributed by atoms with Gasteiger partial charge in [-0.1, -0.05) is 18.2 Å². The van der Waals surface area contributed by atoms with E-state index >= 15 is 0 Å². The molecular weight excluding hydrogens is 236 g/mol. The van der Waals surface area contributed by atoms with E-state index in [4.69, 9.17) is 4.74 Å². The maximum atomic E-state index is 5.67. The van der Waals surface area contributed by atoms with Crippen LogP contribution < -0.4 is 4.74 Å². The molecule has 1 aromatic heterocycles. The summed E-state index contributed by atoms with van der Waals surface area (Å²) in [5, 5.41) is 0. The van der Waals surface area contributed by atoms with Crippen molar-refractivity contribution in [2.75, 3.05) is 6.54 Å². The summed E-state index contributed by atoms with van der Waals surface area (Å²) in [6.45, 7) is 0.942. The SMILES string of the molecule is c1ccc(Oc2ccc(C3=NCCCC3)cn2)cc1. The van der Waals surface area contributed by atoms with Gasteiger partial charge in [0.1, 0.15) is 5.75 Å². The molecule has 1 aliphatic heterocycles. The van der Waals surface area contributed by atoms with Crippen LogP contribution in [0, 0.1) is 0 Å². The summed E-state index contributed by atoms with van der Waals surface area (Å²) in [7, 11) is 0. The van der Waals surface area contributed by atoms with Crippen LogP contribution in [-0.4, -0.2) is 17.2 Å². The van der Waals surface area contributed by atoms with E-state index in [0.717, 1.165) is 24.3 Å². The van der Waals surface area contributed by atoms with Gasteiger partial charge in [0, 0.05) is 30.1 Å². The first-order chi connectivity index (χ1) is 9.42. The van der Waals surface area contributed by atoms with E-state index in [1.807, 2.05) is 48.7 Å². The molecule has 0 fully saturated rings. The first kappa shape index (κ1) is 11.9. The minimum Gasteiger partial charge on any atom is -0.439 e. The predicted octanol–water partition coefficient (Wildman–Crippen LogP) is 3.85. The fraction of sp³-hybridized carbons (Fsp3) is 0.250. The second-order valence-electron chi connectivity index (χ2n) is 4.59. The Labute approximate surface area is 113 Å². The molecule has 0 atom stereocenters. The van der Waals surface area contributed by atoms with E-state index in [9.17, 15) is 0 Å². The van der Waals surface area contributed by atoms with Gasteiger partial charge in [0.25, 0.3) is 0 Å². The quantitative estimate of drug-likeness (QED) is 0.831. The van der Waals surface area contributed by atoms with Gasteiger partial charge >= 0.3 is 0 Å². The lowest BCUT2D eigenvalue weighted by molar-refractivity contribution is 0.463. The van der Waals surface area contributed by atoms with Gasteiger partial charge in [0.2, 0.25) is 5.88 Å². The van der Waals surface area contributed by atoms with Crippen molar-refractivity contribution >= 4 is 5.71 Å². The Kier molecular flexibility index (Phi) is 3.54. The van der Waals surface area contributed by atoms with Crippen LogP contribution in [0.2, 0.25) is 0 Å². The number of aliphatic imine (C=N–C) groups is 1. The smallest absolute Gasteiger partial charge is 0.219 e. The number of pyridine rings is 1. The number of aromatic nitrogens is 1. The molecule has 2 heterocycles. The minimum atomic E-state index is 0.617. The highest BCUT2D eigenvalue weighted by molar-refractivity contribution is 6.00. The van der Waals surface area contributed by atoms with Gasteiger partial charge in [0.15, 0.2) is 0 Å². The second kappa shape index (κ2) is 5.65. The lowest BCUT2D eigenvalue weighted by Crippen LogP contribution is -2.07. The molecule has 2 aromatic rings. The standard InChI is InChI=1S/C16H16N2O/c1-2-6-14(7-3-1)19-16-10-9-13(12-18-16)15-8-4-5-11-17-15/h1-3,6-7,9-10,12H,4-5,8,11H2. The molecule has 0 N–H and O–H groups in total. The second-order valence-corrected chi connectivity index (χ2v) is 4.59. The summed E-state index contributed by atoms with van der Waals surface area (Å²) in [6, 6.07) is 13.6. The fourth-order valence-electron chi connectivity index (χ4n) is 2.15. The third-order valence-electron chi connectivity index (χ3n) is 3.16. The first-order valence-electron chi connectivity index (χ1n) is 6.64. The van der Waals surface area contributed by atoms with E-state index in [2.05, 4.69) is 9.98 Å². The van der Waals surface area contributed by atoms with Crippen molar-refractivity contribution < 1.29 is 4.74 Å². The van der Waals surface area contributed by atoms with Crippen LogP contribution in [0.4, 0.5) is 0 Å². The molecule has 0 radical (unpaired) electrons. The Morgan fingerprint density at radius 3 is 2.53 bits per heavy atom. The monoisotopic (exact) mass is 252 g/mol. The van der Waals surface area contributed by atoms with Gasteiger partial charge in [-0.15, -0.1) is 0 Å². The molecule has 3 nitrogen and oxygen atoms in total. The van der Waals surface area contributed by atoms with Crippen LogP contribution in [-0.2, 0) is 0 Å². The van der Waals surface area contributed by atoms with E-state index in [0.29, 0.717) is 5.88 Å². The molecule has 0 aliphatic carbocycles. The van der Waals surface area contributed by atoms with E-state index in [1.165, 1.54) is 18.6 Å². The summed E-state index contributed by atoms with van der Waals surface area (Å²) in [5.74, 6) is 1.42. The Morgan fingerprint density at radius 1 is 0.947 bits per heavy atom. The highest BCUT2D eigenvalue weighted by atomic mass is 16.5. The number of hydrogen-bond acceptors (Lipinski definition) is 3. The highest BCUT2D eigenvalue weighted by Gasteiger charge is 2.08. The molecule has 0 amide bonds. The number of hydrogen-bond donors (Lipinski definition) is 0. The molecule has 0 unspecified atom stereocenters. The van der Waals surface area contributed by atoms with Crippen LogP contribution in [0.1, 0.15) is 24.8 Å². The molecule has 3 heteroatoms. The summed E-state index contributed by atoms with van der Waals surface area (Å²) in [5.41, 5.74) is 2.28. The van der Waals surface area contributed by atoms with Crippen LogP contribution >= 0.6 is 0 Å². The lowest BCUT2D eigenvalue weighted by atomic mass is 10.0.